The fourth-order valence-corrected chi connectivity index (χ4v) is 1.69. The van der Waals surface area contributed by atoms with Gasteiger partial charge in [0.15, 0.2) is 5.92 Å². The van der Waals surface area contributed by atoms with Crippen molar-refractivity contribution in [2.75, 3.05) is 0 Å². The van der Waals surface area contributed by atoms with Gasteiger partial charge in [0.05, 0.1) is 12.0 Å². The molecule has 0 spiro atoms. The summed E-state index contributed by atoms with van der Waals surface area (Å²) in [6.07, 6.45) is 1.54. The number of ether oxygens (including phenoxy) is 2. The van der Waals surface area contributed by atoms with Gasteiger partial charge in [0, 0.05) is 20.1 Å². The molecule has 0 aliphatic carbocycles. The number of esters is 2. The maximum absolute atomic E-state index is 11.7. The van der Waals surface area contributed by atoms with E-state index in [1.165, 1.54) is 13.8 Å². The van der Waals surface area contributed by atoms with Gasteiger partial charge in [-0.1, -0.05) is 20.3 Å². The lowest BCUT2D eigenvalue weighted by molar-refractivity contribution is -0.308. The first kappa shape index (κ1) is 16.1. The third-order valence-corrected chi connectivity index (χ3v) is 3.02. The van der Waals surface area contributed by atoms with Crippen LogP contribution in [0.3, 0.4) is 0 Å². The number of nitrogens with zero attached hydrogens (tertiary/aromatic N) is 1. The van der Waals surface area contributed by atoms with Crippen molar-refractivity contribution in [1.29, 1.82) is 0 Å². The molecule has 0 aromatic rings. The Hall–Kier alpha value is -1.92. The SMILES string of the molecule is CC[C@H](C)[C@H](N=CC1C(=O)OC(C)(C)OC1=O)C(=O)[O-]. The standard InChI is InChI=1S/C13H19NO6/c1-5-7(2)9(10(15)16)14-6-8-11(17)19-13(3,4)20-12(8)18/h6-9H,5H2,1-4H3,(H,15,16)/p-1/t7-,9-/m0/s1. The van der Waals surface area contributed by atoms with Crippen LogP contribution in [0.2, 0.25) is 0 Å². The number of aliphatic carboxylic acids is 1. The highest BCUT2D eigenvalue weighted by atomic mass is 16.7. The molecule has 1 rings (SSSR count). The maximum Gasteiger partial charge on any atom is 0.329 e. The van der Waals surface area contributed by atoms with Crippen molar-refractivity contribution in [3.63, 3.8) is 0 Å². The first-order valence-electron chi connectivity index (χ1n) is 6.37. The molecule has 1 aliphatic heterocycles. The van der Waals surface area contributed by atoms with Crippen molar-refractivity contribution in [2.24, 2.45) is 16.8 Å². The Labute approximate surface area is 117 Å². The lowest BCUT2D eigenvalue weighted by Crippen LogP contribution is -2.47. The molecular weight excluding hydrogens is 266 g/mol. The molecule has 0 saturated carbocycles. The molecule has 1 saturated heterocycles. The highest BCUT2D eigenvalue weighted by molar-refractivity contribution is 6.10. The summed E-state index contributed by atoms with van der Waals surface area (Å²) in [5.74, 6) is -5.90. The molecule has 0 unspecified atom stereocenters. The molecule has 20 heavy (non-hydrogen) atoms. The van der Waals surface area contributed by atoms with Crippen molar-refractivity contribution < 1.29 is 29.0 Å². The van der Waals surface area contributed by atoms with Crippen LogP contribution < -0.4 is 5.11 Å². The highest BCUT2D eigenvalue weighted by Gasteiger charge is 2.42. The van der Waals surface area contributed by atoms with Crippen LogP contribution in [0.4, 0.5) is 0 Å². The zero-order valence-corrected chi connectivity index (χ0v) is 11.9. The van der Waals surface area contributed by atoms with Crippen molar-refractivity contribution in [2.45, 2.75) is 45.9 Å². The number of hydrogen-bond acceptors (Lipinski definition) is 7. The van der Waals surface area contributed by atoms with E-state index in [1.807, 2.05) is 6.92 Å². The zero-order valence-electron chi connectivity index (χ0n) is 11.9. The van der Waals surface area contributed by atoms with Crippen molar-refractivity contribution in [3.05, 3.63) is 0 Å². The highest BCUT2D eigenvalue weighted by Crippen LogP contribution is 2.22. The van der Waals surface area contributed by atoms with Gasteiger partial charge >= 0.3 is 11.9 Å². The van der Waals surface area contributed by atoms with Crippen molar-refractivity contribution in [1.82, 2.24) is 0 Å². The molecule has 7 heteroatoms. The van der Waals surface area contributed by atoms with Gasteiger partial charge < -0.3 is 19.4 Å². The summed E-state index contributed by atoms with van der Waals surface area (Å²) in [4.78, 5) is 38.1. The number of carboxylic acids is 1. The van der Waals surface area contributed by atoms with Crippen molar-refractivity contribution >= 4 is 24.1 Å². The topological polar surface area (TPSA) is 105 Å². The van der Waals surface area contributed by atoms with Crippen molar-refractivity contribution in [3.8, 4) is 0 Å². The van der Waals surface area contributed by atoms with E-state index in [0.717, 1.165) is 6.21 Å². The van der Waals surface area contributed by atoms with E-state index in [4.69, 9.17) is 9.47 Å². The van der Waals surface area contributed by atoms with Crippen LogP contribution in [0.25, 0.3) is 0 Å². The van der Waals surface area contributed by atoms with Gasteiger partial charge in [0.1, 0.15) is 0 Å². The summed E-state index contributed by atoms with van der Waals surface area (Å²) in [7, 11) is 0. The molecule has 2 atom stereocenters. The second kappa shape index (κ2) is 6.02. The van der Waals surface area contributed by atoms with Crippen LogP contribution in [-0.4, -0.2) is 36.0 Å². The minimum Gasteiger partial charge on any atom is -0.548 e. The molecule has 1 aliphatic rings. The molecule has 7 nitrogen and oxygen atoms in total. The number of aliphatic imine (C=N–C) groups is 1. The van der Waals surface area contributed by atoms with Gasteiger partial charge in [-0.25, -0.2) is 0 Å². The molecule has 0 amide bonds. The summed E-state index contributed by atoms with van der Waals surface area (Å²) in [5, 5.41) is 11.0. The van der Waals surface area contributed by atoms with E-state index in [2.05, 4.69) is 4.99 Å². The Bertz CT molecular complexity index is 422. The van der Waals surface area contributed by atoms with E-state index in [9.17, 15) is 19.5 Å². The largest absolute Gasteiger partial charge is 0.548 e. The third-order valence-electron chi connectivity index (χ3n) is 3.02. The molecule has 1 fully saturated rings. The predicted molar refractivity (Wildman–Crippen MR) is 66.5 cm³/mol. The third kappa shape index (κ3) is 3.79. The number of carbonyl (C=O) groups excluding carboxylic acids is 3. The quantitative estimate of drug-likeness (QED) is 0.389. The van der Waals surface area contributed by atoms with Gasteiger partial charge in [-0.15, -0.1) is 0 Å². The monoisotopic (exact) mass is 284 g/mol. The fraction of sp³-hybridized carbons (Fsp3) is 0.692. The first-order chi connectivity index (χ1) is 9.18. The molecule has 0 radical (unpaired) electrons. The molecule has 112 valence electrons. The van der Waals surface area contributed by atoms with Gasteiger partial charge in [-0.2, -0.15) is 0 Å². The summed E-state index contributed by atoms with van der Waals surface area (Å²) < 4.78 is 9.80. The second-order valence-electron chi connectivity index (χ2n) is 5.17. The maximum atomic E-state index is 11.7. The Morgan fingerprint density at radius 1 is 1.40 bits per heavy atom. The Morgan fingerprint density at radius 2 is 1.90 bits per heavy atom. The van der Waals surface area contributed by atoms with E-state index in [0.29, 0.717) is 6.42 Å². The number of cyclic esters (lactones) is 2. The summed E-state index contributed by atoms with van der Waals surface area (Å²) in [5.41, 5.74) is 0. The van der Waals surface area contributed by atoms with Gasteiger partial charge in [0.25, 0.3) is 5.79 Å². The number of carbonyl (C=O) groups is 3. The lowest BCUT2D eigenvalue weighted by atomic mass is 9.99. The van der Waals surface area contributed by atoms with E-state index < -0.39 is 35.7 Å². The fourth-order valence-electron chi connectivity index (χ4n) is 1.69. The van der Waals surface area contributed by atoms with Gasteiger partial charge in [-0.3, -0.25) is 14.6 Å². The molecule has 1 heterocycles. The average Bonchev–Trinajstić information content (AvgIpc) is 2.30. The van der Waals surface area contributed by atoms with Crippen LogP contribution in [-0.2, 0) is 23.9 Å². The van der Waals surface area contributed by atoms with E-state index >= 15 is 0 Å². The number of carboxylic acid groups (broad SMARTS) is 1. The average molecular weight is 284 g/mol. The van der Waals surface area contributed by atoms with Crippen LogP contribution in [0, 0.1) is 11.8 Å². The van der Waals surface area contributed by atoms with Crippen LogP contribution in [0.5, 0.6) is 0 Å². The molecule has 0 aromatic heterocycles. The first-order valence-corrected chi connectivity index (χ1v) is 6.37. The molecular formula is C13H18NO6-. The smallest absolute Gasteiger partial charge is 0.329 e. The van der Waals surface area contributed by atoms with E-state index in [1.54, 1.807) is 6.92 Å². The molecule has 0 N–H and O–H groups in total. The van der Waals surface area contributed by atoms with E-state index in [-0.39, 0.29) is 5.92 Å². The van der Waals surface area contributed by atoms with Crippen LogP contribution >= 0.6 is 0 Å². The minimum atomic E-state index is -1.35. The zero-order chi connectivity index (χ0) is 15.5. The van der Waals surface area contributed by atoms with Crippen LogP contribution in [0.1, 0.15) is 34.1 Å². The molecule has 0 bridgehead atoms. The molecule has 0 aromatic carbocycles. The number of rotatable bonds is 5. The summed E-state index contributed by atoms with van der Waals surface area (Å²) in [6.45, 7) is 6.36. The second-order valence-corrected chi connectivity index (χ2v) is 5.17. The Kier molecular flexibility index (Phi) is 4.86. The minimum absolute atomic E-state index is 0.275. The number of hydrogen-bond donors (Lipinski definition) is 0. The lowest BCUT2D eigenvalue weighted by Gasteiger charge is -2.31. The summed E-state index contributed by atoms with van der Waals surface area (Å²) >= 11 is 0. The Morgan fingerprint density at radius 3 is 2.30 bits per heavy atom. The normalized spacial score (nSPS) is 22.2. The van der Waals surface area contributed by atoms with Gasteiger partial charge in [-0.05, 0) is 5.92 Å². The summed E-state index contributed by atoms with van der Waals surface area (Å²) in [6, 6.07) is -1.12. The van der Waals surface area contributed by atoms with Gasteiger partial charge in [0.2, 0.25) is 0 Å². The Balaban J connectivity index is 2.85. The van der Waals surface area contributed by atoms with Crippen LogP contribution in [0.15, 0.2) is 4.99 Å². The predicted octanol–water partition coefficient (Wildman–Crippen LogP) is -0.326.